The average molecular weight is 415 g/mol. The van der Waals surface area contributed by atoms with Gasteiger partial charge in [-0.3, -0.25) is 9.10 Å². The third kappa shape index (κ3) is 3.59. The van der Waals surface area contributed by atoms with E-state index in [9.17, 15) is 13.2 Å². The Kier molecular flexibility index (Phi) is 5.02. The number of anilines is 1. The van der Waals surface area contributed by atoms with E-state index in [2.05, 4.69) is 0 Å². The molecular weight excluding hydrogens is 388 g/mol. The molecule has 0 aliphatic carbocycles. The van der Waals surface area contributed by atoms with Crippen LogP contribution in [0.1, 0.15) is 47.3 Å². The maximum Gasteiger partial charge on any atom is 0.254 e. The number of fused-ring (bicyclic) bond motifs is 1. The molecule has 2 aromatic carbocycles. The number of hydrogen-bond acceptors (Lipinski definition) is 4. The Morgan fingerprint density at radius 3 is 2.69 bits per heavy atom. The fourth-order valence-electron chi connectivity index (χ4n) is 4.61. The first-order chi connectivity index (χ1) is 13.8. The highest BCUT2D eigenvalue weighted by atomic mass is 32.2. The van der Waals surface area contributed by atoms with Gasteiger partial charge in [-0.05, 0) is 67.6 Å². The van der Waals surface area contributed by atoms with E-state index in [1.807, 2.05) is 42.2 Å². The summed E-state index contributed by atoms with van der Waals surface area (Å²) >= 11 is 0. The van der Waals surface area contributed by atoms with Crippen LogP contribution < -0.4 is 9.04 Å². The summed E-state index contributed by atoms with van der Waals surface area (Å²) in [7, 11) is -1.70. The Morgan fingerprint density at radius 1 is 1.17 bits per heavy atom. The summed E-state index contributed by atoms with van der Waals surface area (Å²) in [5.74, 6) is 0.776. The second-order valence-corrected chi connectivity index (χ2v) is 9.75. The molecule has 2 atom stereocenters. The summed E-state index contributed by atoms with van der Waals surface area (Å²) in [5, 5.41) is 0. The lowest BCUT2D eigenvalue weighted by molar-refractivity contribution is 0.0735. The molecule has 6 nitrogen and oxygen atoms in total. The molecule has 0 spiro atoms. The molecular formula is C22H26N2O4S. The Hall–Kier alpha value is -2.54. The molecule has 1 amide bonds. The Balaban J connectivity index is 1.62. The number of amides is 1. The SMILES string of the molecule is COc1cccc(C2CCCN2C(=O)c2ccc3c(c2)CC(C)N3S(C)(=O)=O)c1. The highest BCUT2D eigenvalue weighted by Crippen LogP contribution is 2.37. The van der Waals surface area contributed by atoms with Crippen molar-refractivity contribution in [2.24, 2.45) is 0 Å². The van der Waals surface area contributed by atoms with E-state index in [1.54, 1.807) is 19.2 Å². The van der Waals surface area contributed by atoms with Gasteiger partial charge in [0.15, 0.2) is 0 Å². The van der Waals surface area contributed by atoms with E-state index in [0.717, 1.165) is 29.7 Å². The molecule has 7 heteroatoms. The van der Waals surface area contributed by atoms with Crippen LogP contribution in [0, 0.1) is 0 Å². The number of likely N-dealkylation sites (tertiary alicyclic amines) is 1. The van der Waals surface area contributed by atoms with Crippen LogP contribution in [0.2, 0.25) is 0 Å². The summed E-state index contributed by atoms with van der Waals surface area (Å²) in [5.41, 5.74) is 3.28. The number of hydrogen-bond donors (Lipinski definition) is 0. The first-order valence-corrected chi connectivity index (χ1v) is 11.7. The number of nitrogens with zero attached hydrogens (tertiary/aromatic N) is 2. The minimum absolute atomic E-state index is 0.0106. The van der Waals surface area contributed by atoms with Crippen molar-refractivity contribution < 1.29 is 17.9 Å². The summed E-state index contributed by atoms with van der Waals surface area (Å²) in [6.07, 6.45) is 3.71. The lowest BCUT2D eigenvalue weighted by atomic mass is 10.0. The van der Waals surface area contributed by atoms with E-state index in [-0.39, 0.29) is 18.0 Å². The third-order valence-corrected chi connectivity index (χ3v) is 7.10. The number of sulfonamides is 1. The van der Waals surface area contributed by atoms with Crippen LogP contribution in [-0.4, -0.2) is 45.2 Å². The van der Waals surface area contributed by atoms with Crippen LogP contribution in [0.5, 0.6) is 5.75 Å². The van der Waals surface area contributed by atoms with Gasteiger partial charge in [0.05, 0.1) is 25.1 Å². The molecule has 0 radical (unpaired) electrons. The molecule has 2 unspecified atom stereocenters. The number of rotatable bonds is 4. The maximum absolute atomic E-state index is 13.3. The summed E-state index contributed by atoms with van der Waals surface area (Å²) in [6.45, 7) is 2.60. The molecule has 0 N–H and O–H groups in total. The zero-order chi connectivity index (χ0) is 20.8. The minimum Gasteiger partial charge on any atom is -0.497 e. The van der Waals surface area contributed by atoms with E-state index >= 15 is 0 Å². The van der Waals surface area contributed by atoms with Gasteiger partial charge in [0.25, 0.3) is 5.91 Å². The van der Waals surface area contributed by atoms with Crippen LogP contribution in [0.3, 0.4) is 0 Å². The molecule has 2 aliphatic heterocycles. The molecule has 154 valence electrons. The number of carbonyl (C=O) groups excluding carboxylic acids is 1. The molecule has 0 aromatic heterocycles. The van der Waals surface area contributed by atoms with Gasteiger partial charge in [0.1, 0.15) is 5.75 Å². The zero-order valence-electron chi connectivity index (χ0n) is 17.0. The fourth-order valence-corrected chi connectivity index (χ4v) is 5.88. The van der Waals surface area contributed by atoms with Crippen molar-refractivity contribution in [2.45, 2.75) is 38.3 Å². The summed E-state index contributed by atoms with van der Waals surface area (Å²) in [4.78, 5) is 15.2. The van der Waals surface area contributed by atoms with Crippen molar-refractivity contribution in [3.63, 3.8) is 0 Å². The van der Waals surface area contributed by atoms with Gasteiger partial charge < -0.3 is 9.64 Å². The number of methoxy groups -OCH3 is 1. The van der Waals surface area contributed by atoms with Crippen molar-refractivity contribution in [2.75, 3.05) is 24.2 Å². The molecule has 2 aliphatic rings. The Bertz CT molecular complexity index is 1050. The topological polar surface area (TPSA) is 66.9 Å². The Labute approximate surface area is 172 Å². The van der Waals surface area contributed by atoms with Gasteiger partial charge in [0.2, 0.25) is 10.0 Å². The first-order valence-electron chi connectivity index (χ1n) is 9.87. The molecule has 0 saturated carbocycles. The zero-order valence-corrected chi connectivity index (χ0v) is 17.8. The predicted molar refractivity (Wildman–Crippen MR) is 113 cm³/mol. The van der Waals surface area contributed by atoms with E-state index in [1.165, 1.54) is 10.6 Å². The van der Waals surface area contributed by atoms with Gasteiger partial charge >= 0.3 is 0 Å². The molecule has 2 aromatic rings. The molecule has 1 fully saturated rings. The first kappa shape index (κ1) is 19.8. The number of benzene rings is 2. The summed E-state index contributed by atoms with van der Waals surface area (Å²) < 4.78 is 31.0. The normalized spacial score (nSPS) is 21.3. The van der Waals surface area contributed by atoms with Crippen molar-refractivity contribution in [3.8, 4) is 5.75 Å². The molecule has 2 heterocycles. The highest BCUT2D eigenvalue weighted by Gasteiger charge is 2.35. The van der Waals surface area contributed by atoms with Crippen molar-refractivity contribution in [1.29, 1.82) is 0 Å². The fraction of sp³-hybridized carbons (Fsp3) is 0.409. The van der Waals surface area contributed by atoms with Gasteiger partial charge in [-0.25, -0.2) is 8.42 Å². The monoisotopic (exact) mass is 414 g/mol. The molecule has 29 heavy (non-hydrogen) atoms. The van der Waals surface area contributed by atoms with E-state index < -0.39 is 10.0 Å². The third-order valence-electron chi connectivity index (χ3n) is 5.83. The standard InChI is InChI=1S/C22H26N2O4S/c1-15-12-18-13-17(9-10-21(18)24(15)29(3,26)27)22(25)23-11-5-8-20(23)16-6-4-7-19(14-16)28-2/h4,6-7,9-10,13-15,20H,5,8,11-12H2,1-3H3. The lowest BCUT2D eigenvalue weighted by Crippen LogP contribution is -2.34. The minimum atomic E-state index is -3.34. The van der Waals surface area contributed by atoms with Crippen LogP contribution in [-0.2, 0) is 16.4 Å². The molecule has 4 rings (SSSR count). The predicted octanol–water partition coefficient (Wildman–Crippen LogP) is 3.38. The van der Waals surface area contributed by atoms with E-state index in [4.69, 9.17) is 4.74 Å². The second-order valence-electron chi connectivity index (χ2n) is 7.89. The Morgan fingerprint density at radius 2 is 1.97 bits per heavy atom. The van der Waals surface area contributed by atoms with Crippen LogP contribution in [0.15, 0.2) is 42.5 Å². The van der Waals surface area contributed by atoms with Crippen molar-refractivity contribution in [3.05, 3.63) is 59.2 Å². The highest BCUT2D eigenvalue weighted by molar-refractivity contribution is 7.92. The lowest BCUT2D eigenvalue weighted by Gasteiger charge is -2.26. The molecule has 1 saturated heterocycles. The summed E-state index contributed by atoms with van der Waals surface area (Å²) in [6, 6.07) is 13.1. The maximum atomic E-state index is 13.3. The van der Waals surface area contributed by atoms with Gasteiger partial charge in [-0.2, -0.15) is 0 Å². The average Bonchev–Trinajstić information content (AvgIpc) is 3.30. The largest absolute Gasteiger partial charge is 0.497 e. The smallest absolute Gasteiger partial charge is 0.254 e. The van der Waals surface area contributed by atoms with Crippen molar-refractivity contribution in [1.82, 2.24) is 4.90 Å². The number of carbonyl (C=O) groups is 1. The molecule has 0 bridgehead atoms. The van der Waals surface area contributed by atoms with Crippen molar-refractivity contribution >= 4 is 21.6 Å². The van der Waals surface area contributed by atoms with Crippen LogP contribution >= 0.6 is 0 Å². The van der Waals surface area contributed by atoms with Gasteiger partial charge in [0, 0.05) is 18.2 Å². The number of ether oxygens (including phenoxy) is 1. The van der Waals surface area contributed by atoms with Gasteiger partial charge in [-0.1, -0.05) is 12.1 Å². The van der Waals surface area contributed by atoms with E-state index in [0.29, 0.717) is 24.2 Å². The van der Waals surface area contributed by atoms with Crippen LogP contribution in [0.25, 0.3) is 0 Å². The van der Waals surface area contributed by atoms with Gasteiger partial charge in [-0.15, -0.1) is 0 Å². The quantitative estimate of drug-likeness (QED) is 0.769. The second kappa shape index (κ2) is 7.37. The van der Waals surface area contributed by atoms with Crippen LogP contribution in [0.4, 0.5) is 5.69 Å².